The molecule has 2 N–H and O–H groups in total. The molecule has 0 radical (unpaired) electrons. The zero-order valence-electron chi connectivity index (χ0n) is 16.1. The summed E-state index contributed by atoms with van der Waals surface area (Å²) in [7, 11) is 4.26. The summed E-state index contributed by atoms with van der Waals surface area (Å²) in [4.78, 5) is 24.4. The summed E-state index contributed by atoms with van der Waals surface area (Å²) in [6.45, 7) is 3.89. The van der Waals surface area contributed by atoms with Gasteiger partial charge < -0.3 is 24.8 Å². The molecule has 0 aromatic heterocycles. The summed E-state index contributed by atoms with van der Waals surface area (Å²) in [5.41, 5.74) is 3.50. The van der Waals surface area contributed by atoms with E-state index in [1.54, 1.807) is 6.07 Å². The Bertz CT molecular complexity index is 849. The predicted octanol–water partition coefficient (Wildman–Crippen LogP) is 3.16. The van der Waals surface area contributed by atoms with Crippen molar-refractivity contribution in [3.63, 3.8) is 0 Å². The third-order valence-electron chi connectivity index (χ3n) is 4.02. The zero-order valence-corrected chi connectivity index (χ0v) is 16.1. The molecule has 0 bridgehead atoms. The maximum Gasteiger partial charge on any atom is 0.340 e. The van der Waals surface area contributed by atoms with Crippen LogP contribution in [0, 0.1) is 13.8 Å². The fraction of sp³-hybridized carbons (Fsp3) is 0.300. The molecule has 7 nitrogen and oxygen atoms in total. The van der Waals surface area contributed by atoms with Crippen molar-refractivity contribution in [2.75, 3.05) is 38.5 Å². The van der Waals surface area contributed by atoms with Crippen LogP contribution < -0.4 is 20.1 Å². The number of carbonyl (C=O) groups is 2. The molecule has 1 amide bonds. The highest BCUT2D eigenvalue weighted by atomic mass is 16.5. The normalized spacial score (nSPS) is 10.1. The lowest BCUT2D eigenvalue weighted by Crippen LogP contribution is -2.23. The number of aryl methyl sites for hydroxylation is 2. The van der Waals surface area contributed by atoms with Crippen LogP contribution in [0.5, 0.6) is 11.5 Å². The summed E-state index contributed by atoms with van der Waals surface area (Å²) >= 11 is 0. The van der Waals surface area contributed by atoms with Crippen LogP contribution in [0.15, 0.2) is 30.3 Å². The smallest absolute Gasteiger partial charge is 0.340 e. The number of methoxy groups -OCH3 is 3. The lowest BCUT2D eigenvalue weighted by molar-refractivity contribution is -0.114. The molecule has 7 heteroatoms. The van der Waals surface area contributed by atoms with E-state index in [9.17, 15) is 9.59 Å². The largest absolute Gasteiger partial charge is 0.493 e. The third-order valence-corrected chi connectivity index (χ3v) is 4.02. The highest BCUT2D eigenvalue weighted by Crippen LogP contribution is 2.33. The summed E-state index contributed by atoms with van der Waals surface area (Å²) < 4.78 is 15.3. The molecule has 0 saturated carbocycles. The number of nitrogens with one attached hydrogen (secondary N) is 2. The van der Waals surface area contributed by atoms with Crippen molar-refractivity contribution >= 4 is 23.3 Å². The van der Waals surface area contributed by atoms with Crippen molar-refractivity contribution in [1.29, 1.82) is 0 Å². The van der Waals surface area contributed by atoms with Crippen molar-refractivity contribution < 1.29 is 23.8 Å². The Morgan fingerprint density at radius 3 is 2.19 bits per heavy atom. The topological polar surface area (TPSA) is 85.9 Å². The summed E-state index contributed by atoms with van der Waals surface area (Å²) in [6.07, 6.45) is 0. The van der Waals surface area contributed by atoms with Gasteiger partial charge >= 0.3 is 5.97 Å². The highest BCUT2D eigenvalue weighted by Gasteiger charge is 2.18. The second kappa shape index (κ2) is 8.93. The van der Waals surface area contributed by atoms with Gasteiger partial charge in [0, 0.05) is 17.8 Å². The van der Waals surface area contributed by atoms with E-state index in [2.05, 4.69) is 10.6 Å². The van der Waals surface area contributed by atoms with E-state index >= 15 is 0 Å². The van der Waals surface area contributed by atoms with Crippen LogP contribution in [0.3, 0.4) is 0 Å². The predicted molar refractivity (Wildman–Crippen MR) is 104 cm³/mol. The highest BCUT2D eigenvalue weighted by molar-refractivity contribution is 5.99. The van der Waals surface area contributed by atoms with Crippen molar-refractivity contribution in [2.45, 2.75) is 13.8 Å². The first kappa shape index (κ1) is 20.1. The Balaban J connectivity index is 2.17. The Labute approximate surface area is 158 Å². The van der Waals surface area contributed by atoms with Gasteiger partial charge in [-0.1, -0.05) is 17.7 Å². The first-order valence-electron chi connectivity index (χ1n) is 8.35. The van der Waals surface area contributed by atoms with Gasteiger partial charge in [0.15, 0.2) is 11.5 Å². The molecule has 0 spiro atoms. The summed E-state index contributed by atoms with van der Waals surface area (Å²) in [5.74, 6) is 0.0337. The van der Waals surface area contributed by atoms with Gasteiger partial charge in [-0.05, 0) is 25.5 Å². The molecule has 2 rings (SSSR count). The monoisotopic (exact) mass is 372 g/mol. The van der Waals surface area contributed by atoms with Crippen LogP contribution in [-0.2, 0) is 9.53 Å². The summed E-state index contributed by atoms with van der Waals surface area (Å²) in [5, 5.41) is 5.80. The van der Waals surface area contributed by atoms with Gasteiger partial charge in [-0.2, -0.15) is 0 Å². The van der Waals surface area contributed by atoms with Gasteiger partial charge in [0.1, 0.15) is 0 Å². The van der Waals surface area contributed by atoms with E-state index < -0.39 is 5.97 Å². The number of benzene rings is 2. The first-order chi connectivity index (χ1) is 12.9. The number of hydrogen-bond acceptors (Lipinski definition) is 6. The van der Waals surface area contributed by atoms with Crippen LogP contribution >= 0.6 is 0 Å². The molecule has 2 aromatic rings. The van der Waals surface area contributed by atoms with Crippen LogP contribution in [0.4, 0.5) is 11.4 Å². The molecule has 0 aliphatic rings. The van der Waals surface area contributed by atoms with E-state index in [0.717, 1.165) is 16.8 Å². The number of amides is 1. The average molecular weight is 372 g/mol. The molecule has 0 aliphatic carbocycles. The minimum absolute atomic E-state index is 0.0349. The van der Waals surface area contributed by atoms with E-state index in [-0.39, 0.29) is 18.0 Å². The second-order valence-electron chi connectivity index (χ2n) is 5.96. The van der Waals surface area contributed by atoms with Crippen molar-refractivity contribution in [3.05, 3.63) is 47.0 Å². The van der Waals surface area contributed by atoms with Gasteiger partial charge in [-0.25, -0.2) is 4.79 Å². The first-order valence-corrected chi connectivity index (χ1v) is 8.35. The van der Waals surface area contributed by atoms with E-state index in [4.69, 9.17) is 14.2 Å². The Hall–Kier alpha value is -3.22. The van der Waals surface area contributed by atoms with Gasteiger partial charge in [-0.3, -0.25) is 4.79 Å². The number of carbonyl (C=O) groups excluding carboxylic acids is 2. The van der Waals surface area contributed by atoms with Gasteiger partial charge in [0.25, 0.3) is 0 Å². The minimum Gasteiger partial charge on any atom is -0.493 e. The second-order valence-corrected chi connectivity index (χ2v) is 5.96. The lowest BCUT2D eigenvalue weighted by atomic mass is 10.1. The van der Waals surface area contributed by atoms with Crippen molar-refractivity contribution in [2.24, 2.45) is 0 Å². The fourth-order valence-corrected chi connectivity index (χ4v) is 2.63. The Kier molecular flexibility index (Phi) is 6.65. The molecular formula is C20H24N2O5. The summed E-state index contributed by atoms with van der Waals surface area (Å²) in [6, 6.07) is 8.88. The quantitative estimate of drug-likeness (QED) is 0.726. The molecule has 0 saturated heterocycles. The molecule has 0 heterocycles. The molecule has 0 unspecified atom stereocenters. The average Bonchev–Trinajstić information content (AvgIpc) is 2.67. The number of ether oxygens (including phenoxy) is 3. The van der Waals surface area contributed by atoms with E-state index in [1.807, 2.05) is 32.0 Å². The Morgan fingerprint density at radius 1 is 0.926 bits per heavy atom. The zero-order chi connectivity index (χ0) is 20.0. The molecule has 2 aromatic carbocycles. The maximum atomic E-state index is 12.3. The molecule has 27 heavy (non-hydrogen) atoms. The number of rotatable bonds is 7. The van der Waals surface area contributed by atoms with Gasteiger partial charge in [-0.15, -0.1) is 0 Å². The van der Waals surface area contributed by atoms with Crippen LogP contribution in [0.1, 0.15) is 21.5 Å². The van der Waals surface area contributed by atoms with Crippen molar-refractivity contribution in [3.8, 4) is 11.5 Å². The minimum atomic E-state index is -0.548. The van der Waals surface area contributed by atoms with Gasteiger partial charge in [0.2, 0.25) is 5.91 Å². The SMILES string of the molecule is COC(=O)c1cc(OC)c(OC)cc1NCC(=O)Nc1ccc(C)cc1C. The molecule has 0 atom stereocenters. The standard InChI is InChI=1S/C20H24N2O5/c1-12-6-7-15(13(2)8-12)22-19(23)11-21-16-10-18(26-4)17(25-3)9-14(16)20(24)27-5/h6-10,21H,11H2,1-5H3,(H,22,23). The van der Waals surface area contributed by atoms with Crippen molar-refractivity contribution in [1.82, 2.24) is 0 Å². The number of esters is 1. The Morgan fingerprint density at radius 2 is 1.59 bits per heavy atom. The molecule has 0 fully saturated rings. The maximum absolute atomic E-state index is 12.3. The number of hydrogen-bond donors (Lipinski definition) is 2. The van der Waals surface area contributed by atoms with Gasteiger partial charge in [0.05, 0.1) is 39.1 Å². The molecule has 0 aliphatic heterocycles. The number of anilines is 2. The third kappa shape index (κ3) is 4.91. The molecule has 144 valence electrons. The van der Waals surface area contributed by atoms with Crippen LogP contribution in [-0.4, -0.2) is 39.8 Å². The van der Waals surface area contributed by atoms with Crippen LogP contribution in [0.25, 0.3) is 0 Å². The lowest BCUT2D eigenvalue weighted by Gasteiger charge is -2.15. The van der Waals surface area contributed by atoms with Crippen LogP contribution in [0.2, 0.25) is 0 Å². The van der Waals surface area contributed by atoms with E-state index in [1.165, 1.54) is 27.4 Å². The molecular weight excluding hydrogens is 348 g/mol. The van der Waals surface area contributed by atoms with E-state index in [0.29, 0.717) is 17.2 Å². The fourth-order valence-electron chi connectivity index (χ4n) is 2.63.